The third kappa shape index (κ3) is 10.2. The van der Waals surface area contributed by atoms with Gasteiger partial charge in [-0.2, -0.15) is 0 Å². The van der Waals surface area contributed by atoms with Gasteiger partial charge in [0.15, 0.2) is 0 Å². The number of carboxylic acid groups (broad SMARTS) is 2. The van der Waals surface area contributed by atoms with E-state index in [-0.39, 0.29) is 30.4 Å². The molecule has 0 unspecified atom stereocenters. The number of aliphatic hydroxyl groups is 2. The number of carboxylic acids is 2. The number of aromatic nitrogens is 2. The maximum atomic E-state index is 9.01. The van der Waals surface area contributed by atoms with Gasteiger partial charge in [-0.15, -0.1) is 0 Å². The minimum absolute atomic E-state index is 0. The third-order valence-electron chi connectivity index (χ3n) is 2.60. The van der Waals surface area contributed by atoms with Crippen LogP contribution in [0.4, 0.5) is 0 Å². The van der Waals surface area contributed by atoms with Crippen LogP contribution in [0.25, 0.3) is 21.8 Å². The number of rotatable bonds is 2. The first-order valence-corrected chi connectivity index (χ1v) is 6.69. The number of fused-ring (bicyclic) bond motifs is 3. The molecule has 27 heavy (non-hydrogen) atoms. The maximum Gasteiger partial charge on any atom is 2.00 e. The second-order valence-electron chi connectivity index (χ2n) is 4.28. The number of pyridine rings is 2. The molecular weight excluding hydrogens is 414 g/mol. The van der Waals surface area contributed by atoms with Gasteiger partial charge in [-0.3, -0.25) is 9.97 Å². The van der Waals surface area contributed by atoms with Crippen molar-refractivity contribution >= 4 is 33.7 Å². The normalized spacial score (nSPS) is 8.37. The molecular formula is C16H18N2O8Zn. The molecule has 10 nitrogen and oxygen atoms in total. The number of aliphatic hydroxyl groups excluding tert-OH is 2. The molecule has 6 N–H and O–H groups in total. The van der Waals surface area contributed by atoms with E-state index in [2.05, 4.69) is 34.2 Å². The predicted molar refractivity (Wildman–Crippen MR) is 88.5 cm³/mol. The number of carbonyl (C=O) groups excluding carboxylic acids is 2. The summed E-state index contributed by atoms with van der Waals surface area (Å²) in [5, 5.41) is 35.3. The van der Waals surface area contributed by atoms with Crippen LogP contribution in [0.1, 0.15) is 0 Å². The van der Waals surface area contributed by atoms with E-state index in [0.29, 0.717) is 0 Å². The molecule has 0 atom stereocenters. The van der Waals surface area contributed by atoms with Crippen molar-refractivity contribution in [1.29, 1.82) is 0 Å². The molecule has 0 aliphatic heterocycles. The number of carbonyl (C=O) groups is 2. The minimum Gasteiger partial charge on any atom is -0.548 e. The second-order valence-corrected chi connectivity index (χ2v) is 4.28. The molecule has 0 fully saturated rings. The van der Waals surface area contributed by atoms with Crippen molar-refractivity contribution in [3.63, 3.8) is 0 Å². The van der Waals surface area contributed by atoms with Gasteiger partial charge in [0.25, 0.3) is 0 Å². The zero-order valence-electron chi connectivity index (χ0n) is 14.2. The van der Waals surface area contributed by atoms with Crippen molar-refractivity contribution in [2.45, 2.75) is 0 Å². The smallest absolute Gasteiger partial charge is 0.548 e. The standard InChI is InChI=1S/C12H8N2.2C2H4O3.2H2O.Zn/c1-3-9-5-6-10-4-2-8-14-12(10)11(9)13-7-1;2*3-1-2(4)5;;;/h1-8H;2*3H,1H2,(H,4,5);2*1H2;/q;;;;;+2/p-2. The fourth-order valence-electron chi connectivity index (χ4n) is 1.68. The van der Waals surface area contributed by atoms with Crippen molar-refractivity contribution in [1.82, 2.24) is 9.97 Å². The van der Waals surface area contributed by atoms with Gasteiger partial charge in [-0.1, -0.05) is 24.3 Å². The fourth-order valence-corrected chi connectivity index (χ4v) is 1.68. The van der Waals surface area contributed by atoms with E-state index in [1.807, 2.05) is 12.1 Å². The summed E-state index contributed by atoms with van der Waals surface area (Å²) in [4.78, 5) is 26.7. The molecule has 3 rings (SSSR count). The van der Waals surface area contributed by atoms with Gasteiger partial charge >= 0.3 is 19.5 Å². The van der Waals surface area contributed by atoms with Crippen LogP contribution in [0.15, 0.2) is 48.8 Å². The molecule has 0 saturated carbocycles. The number of nitrogens with zero attached hydrogens (tertiary/aromatic N) is 2. The first-order chi connectivity index (χ1) is 11.5. The van der Waals surface area contributed by atoms with Gasteiger partial charge < -0.3 is 41.0 Å². The molecule has 11 heteroatoms. The summed E-state index contributed by atoms with van der Waals surface area (Å²) < 4.78 is 0. The molecule has 0 amide bonds. The predicted octanol–water partition coefficient (Wildman–Crippen LogP) is -3.41. The number of hydrogen-bond donors (Lipinski definition) is 2. The Labute approximate surface area is 166 Å². The Bertz CT molecular complexity index is 763. The Balaban J connectivity index is -0.000000383. The van der Waals surface area contributed by atoms with Crippen LogP contribution in [0.3, 0.4) is 0 Å². The Kier molecular flexibility index (Phi) is 17.0. The van der Waals surface area contributed by atoms with Crippen LogP contribution in [0.5, 0.6) is 0 Å². The van der Waals surface area contributed by atoms with E-state index in [0.717, 1.165) is 21.8 Å². The van der Waals surface area contributed by atoms with Gasteiger partial charge in [-0.05, 0) is 12.1 Å². The van der Waals surface area contributed by atoms with Crippen LogP contribution in [-0.2, 0) is 29.1 Å². The minimum atomic E-state index is -1.44. The third-order valence-corrected chi connectivity index (χ3v) is 2.60. The summed E-state index contributed by atoms with van der Waals surface area (Å²) >= 11 is 0. The van der Waals surface area contributed by atoms with E-state index in [9.17, 15) is 0 Å². The molecule has 2 heterocycles. The Morgan fingerprint density at radius 1 is 0.778 bits per heavy atom. The van der Waals surface area contributed by atoms with Crippen molar-refractivity contribution in [3.8, 4) is 0 Å². The first kappa shape index (κ1) is 29.2. The van der Waals surface area contributed by atoms with Crippen LogP contribution in [0, 0.1) is 0 Å². The van der Waals surface area contributed by atoms with Crippen molar-refractivity contribution in [2.75, 3.05) is 13.2 Å². The summed E-state index contributed by atoms with van der Waals surface area (Å²) in [7, 11) is 0. The van der Waals surface area contributed by atoms with Crippen molar-refractivity contribution < 1.29 is 60.4 Å². The van der Waals surface area contributed by atoms with Gasteiger partial charge in [0.05, 0.1) is 36.2 Å². The number of hydrogen-bond acceptors (Lipinski definition) is 8. The average Bonchev–Trinajstić information content (AvgIpc) is 2.62. The van der Waals surface area contributed by atoms with E-state index in [4.69, 9.17) is 30.0 Å². The van der Waals surface area contributed by atoms with Crippen LogP contribution >= 0.6 is 0 Å². The van der Waals surface area contributed by atoms with Crippen LogP contribution < -0.4 is 10.2 Å². The van der Waals surface area contributed by atoms with Crippen LogP contribution in [0.2, 0.25) is 0 Å². The number of benzene rings is 1. The number of aliphatic carboxylic acids is 2. The second kappa shape index (κ2) is 15.7. The molecule has 0 aliphatic rings. The summed E-state index contributed by atoms with van der Waals surface area (Å²) in [6.07, 6.45) is 3.60. The molecule has 3 aromatic rings. The van der Waals surface area contributed by atoms with E-state index in [1.165, 1.54) is 0 Å². The van der Waals surface area contributed by atoms with Gasteiger partial charge in [0.2, 0.25) is 0 Å². The van der Waals surface area contributed by atoms with E-state index < -0.39 is 25.2 Å². The molecule has 0 radical (unpaired) electrons. The van der Waals surface area contributed by atoms with Gasteiger partial charge in [-0.25, -0.2) is 0 Å². The van der Waals surface area contributed by atoms with Crippen LogP contribution in [-0.4, -0.2) is 56.3 Å². The molecule has 0 bridgehead atoms. The molecule has 142 valence electrons. The molecule has 1 aromatic carbocycles. The summed E-state index contributed by atoms with van der Waals surface area (Å²) in [6, 6.07) is 12.1. The maximum absolute atomic E-state index is 9.01. The fraction of sp³-hybridized carbons (Fsp3) is 0.125. The van der Waals surface area contributed by atoms with E-state index >= 15 is 0 Å². The molecule has 2 aromatic heterocycles. The van der Waals surface area contributed by atoms with Gasteiger partial charge in [0.1, 0.15) is 0 Å². The largest absolute Gasteiger partial charge is 2.00 e. The summed E-state index contributed by atoms with van der Waals surface area (Å²) in [5.74, 6) is -2.88. The molecule has 0 saturated heterocycles. The topological polar surface area (TPSA) is 210 Å². The van der Waals surface area contributed by atoms with Gasteiger partial charge in [0, 0.05) is 23.2 Å². The van der Waals surface area contributed by atoms with Crippen molar-refractivity contribution in [2.24, 2.45) is 0 Å². The Hall–Kier alpha value is -2.56. The molecule has 0 aliphatic carbocycles. The Morgan fingerprint density at radius 2 is 1.07 bits per heavy atom. The summed E-state index contributed by atoms with van der Waals surface area (Å²) in [5.41, 5.74) is 1.95. The zero-order valence-corrected chi connectivity index (χ0v) is 17.1. The molecule has 0 spiro atoms. The SMILES string of the molecule is O.O.O=C([O-])CO.O=C([O-])CO.[Zn+2].c1cnc2c(c1)ccc1cccnc12. The quantitative estimate of drug-likeness (QED) is 0.307. The summed E-state index contributed by atoms with van der Waals surface area (Å²) in [6.45, 7) is -1.78. The van der Waals surface area contributed by atoms with E-state index in [1.54, 1.807) is 12.4 Å². The van der Waals surface area contributed by atoms with Crippen molar-refractivity contribution in [3.05, 3.63) is 48.8 Å². The Morgan fingerprint density at radius 3 is 1.33 bits per heavy atom. The first-order valence-electron chi connectivity index (χ1n) is 6.69. The zero-order chi connectivity index (χ0) is 17.9. The monoisotopic (exact) mass is 430 g/mol. The average molecular weight is 432 g/mol.